The number of carbonyl (C=O) groups is 1. The van der Waals surface area contributed by atoms with Crippen LogP contribution in [0.2, 0.25) is 0 Å². The maximum atomic E-state index is 13.3. The van der Waals surface area contributed by atoms with Crippen molar-refractivity contribution in [2.45, 2.75) is 6.92 Å². The number of hydrogen-bond acceptors (Lipinski definition) is 3. The van der Waals surface area contributed by atoms with Gasteiger partial charge in [0.05, 0.1) is 11.3 Å². The zero-order valence-corrected chi connectivity index (χ0v) is 8.03. The molecule has 1 aliphatic heterocycles. The zero-order valence-electron chi connectivity index (χ0n) is 8.03. The SMILES string of the molecule is CC1=NOC(=O)/C1=C\c1ccccc1F. The van der Waals surface area contributed by atoms with Crippen LogP contribution >= 0.6 is 0 Å². The molecule has 15 heavy (non-hydrogen) atoms. The molecule has 2 rings (SSSR count). The summed E-state index contributed by atoms with van der Waals surface area (Å²) in [4.78, 5) is 15.6. The fourth-order valence-corrected chi connectivity index (χ4v) is 1.27. The molecule has 1 aliphatic rings. The van der Waals surface area contributed by atoms with Crippen molar-refractivity contribution in [3.05, 3.63) is 41.2 Å². The van der Waals surface area contributed by atoms with Gasteiger partial charge in [0.1, 0.15) is 5.82 Å². The third kappa shape index (κ3) is 1.79. The van der Waals surface area contributed by atoms with Crippen LogP contribution in [0.3, 0.4) is 0 Å². The van der Waals surface area contributed by atoms with Crippen molar-refractivity contribution in [3.63, 3.8) is 0 Å². The van der Waals surface area contributed by atoms with E-state index in [4.69, 9.17) is 0 Å². The third-order valence-corrected chi connectivity index (χ3v) is 2.08. The Kier molecular flexibility index (Phi) is 2.33. The normalized spacial score (nSPS) is 17.9. The Labute approximate surface area is 85.9 Å². The molecule has 0 unspecified atom stereocenters. The first kappa shape index (κ1) is 9.58. The summed E-state index contributed by atoms with van der Waals surface area (Å²) in [5.41, 5.74) is 1.10. The van der Waals surface area contributed by atoms with E-state index in [1.807, 2.05) is 0 Å². The standard InChI is InChI=1S/C11H8FNO2/c1-7-9(11(14)15-13-7)6-8-4-2-3-5-10(8)12/h2-6H,1H3/b9-6-. The average molecular weight is 205 g/mol. The summed E-state index contributed by atoms with van der Waals surface area (Å²) in [5.74, 6) is -0.923. The number of benzene rings is 1. The van der Waals surface area contributed by atoms with Crippen molar-refractivity contribution in [1.82, 2.24) is 0 Å². The number of halogens is 1. The van der Waals surface area contributed by atoms with Gasteiger partial charge in [-0.2, -0.15) is 0 Å². The van der Waals surface area contributed by atoms with Crippen LogP contribution in [0, 0.1) is 5.82 Å². The summed E-state index contributed by atoms with van der Waals surface area (Å²) in [7, 11) is 0. The lowest BCUT2D eigenvalue weighted by molar-refractivity contribution is -0.136. The number of rotatable bonds is 1. The first-order valence-electron chi connectivity index (χ1n) is 4.41. The molecule has 0 bridgehead atoms. The second kappa shape index (κ2) is 3.65. The molecule has 0 aromatic heterocycles. The molecule has 1 heterocycles. The molecular weight excluding hydrogens is 197 g/mol. The van der Waals surface area contributed by atoms with E-state index in [0.717, 1.165) is 0 Å². The van der Waals surface area contributed by atoms with Gasteiger partial charge in [-0.05, 0) is 19.1 Å². The van der Waals surface area contributed by atoms with Gasteiger partial charge >= 0.3 is 5.97 Å². The van der Waals surface area contributed by atoms with Crippen molar-refractivity contribution >= 4 is 17.8 Å². The predicted octanol–water partition coefficient (Wildman–Crippen LogP) is 2.14. The zero-order chi connectivity index (χ0) is 10.8. The molecule has 1 aromatic rings. The topological polar surface area (TPSA) is 38.7 Å². The predicted molar refractivity (Wildman–Crippen MR) is 53.6 cm³/mol. The number of hydrogen-bond donors (Lipinski definition) is 0. The largest absolute Gasteiger partial charge is 0.367 e. The summed E-state index contributed by atoms with van der Waals surface area (Å²) in [6, 6.07) is 6.20. The smallest absolute Gasteiger partial charge is 0.312 e. The molecule has 0 aliphatic carbocycles. The van der Waals surface area contributed by atoms with Crippen molar-refractivity contribution in [1.29, 1.82) is 0 Å². The summed E-state index contributed by atoms with van der Waals surface area (Å²) >= 11 is 0. The van der Waals surface area contributed by atoms with Crippen LogP contribution in [0.25, 0.3) is 6.08 Å². The van der Waals surface area contributed by atoms with Gasteiger partial charge in [-0.25, -0.2) is 9.18 Å². The Morgan fingerprint density at radius 1 is 1.40 bits per heavy atom. The van der Waals surface area contributed by atoms with Crippen LogP contribution in [0.4, 0.5) is 4.39 Å². The molecule has 76 valence electrons. The Hall–Kier alpha value is -1.97. The maximum absolute atomic E-state index is 13.3. The molecule has 0 saturated heterocycles. The first-order valence-corrected chi connectivity index (χ1v) is 4.41. The van der Waals surface area contributed by atoms with Crippen LogP contribution in [0.1, 0.15) is 12.5 Å². The minimum atomic E-state index is -0.546. The Bertz CT molecular complexity index is 477. The second-order valence-electron chi connectivity index (χ2n) is 3.13. The number of carbonyl (C=O) groups excluding carboxylic acids is 1. The molecule has 0 atom stereocenters. The Morgan fingerprint density at radius 2 is 2.13 bits per heavy atom. The quantitative estimate of drug-likeness (QED) is 0.520. The molecule has 0 radical (unpaired) electrons. The van der Waals surface area contributed by atoms with Crippen molar-refractivity contribution < 1.29 is 14.0 Å². The highest BCUT2D eigenvalue weighted by molar-refractivity contribution is 6.24. The third-order valence-electron chi connectivity index (χ3n) is 2.08. The highest BCUT2D eigenvalue weighted by Crippen LogP contribution is 2.17. The summed E-state index contributed by atoms with van der Waals surface area (Å²) in [6.45, 7) is 1.64. The van der Waals surface area contributed by atoms with Gasteiger partial charge in [0.25, 0.3) is 0 Å². The minimum Gasteiger partial charge on any atom is -0.312 e. The first-order chi connectivity index (χ1) is 7.18. The summed E-state index contributed by atoms with van der Waals surface area (Å²) in [6.07, 6.45) is 1.43. The van der Waals surface area contributed by atoms with Crippen molar-refractivity contribution in [3.8, 4) is 0 Å². The van der Waals surface area contributed by atoms with E-state index in [-0.39, 0.29) is 5.82 Å². The van der Waals surface area contributed by atoms with E-state index in [1.165, 1.54) is 12.1 Å². The lowest BCUT2D eigenvalue weighted by Gasteiger charge is -1.96. The second-order valence-corrected chi connectivity index (χ2v) is 3.13. The average Bonchev–Trinajstić information content (AvgIpc) is 2.53. The highest BCUT2D eigenvalue weighted by atomic mass is 19.1. The lowest BCUT2D eigenvalue weighted by atomic mass is 10.1. The molecule has 0 fully saturated rings. The Balaban J connectivity index is 2.43. The summed E-state index contributed by atoms with van der Waals surface area (Å²) in [5, 5.41) is 3.50. The van der Waals surface area contributed by atoms with Crippen LogP contribution < -0.4 is 0 Å². The van der Waals surface area contributed by atoms with E-state index in [9.17, 15) is 9.18 Å². The van der Waals surface area contributed by atoms with Gasteiger partial charge in [0.2, 0.25) is 0 Å². The molecule has 0 saturated carbocycles. The maximum Gasteiger partial charge on any atom is 0.367 e. The van der Waals surface area contributed by atoms with Gasteiger partial charge in [-0.1, -0.05) is 23.4 Å². The van der Waals surface area contributed by atoms with Crippen molar-refractivity contribution in [2.24, 2.45) is 5.16 Å². The van der Waals surface area contributed by atoms with Gasteiger partial charge in [-0.3, -0.25) is 0 Å². The molecular formula is C11H8FNO2. The van der Waals surface area contributed by atoms with E-state index in [1.54, 1.807) is 25.1 Å². The van der Waals surface area contributed by atoms with Gasteiger partial charge in [0.15, 0.2) is 0 Å². The number of oxime groups is 1. The van der Waals surface area contributed by atoms with Gasteiger partial charge < -0.3 is 4.84 Å². The summed E-state index contributed by atoms with van der Waals surface area (Å²) < 4.78 is 13.3. The fourth-order valence-electron chi connectivity index (χ4n) is 1.27. The van der Waals surface area contributed by atoms with E-state index < -0.39 is 5.97 Å². The lowest BCUT2D eigenvalue weighted by Crippen LogP contribution is -2.02. The van der Waals surface area contributed by atoms with E-state index in [2.05, 4.69) is 9.99 Å². The van der Waals surface area contributed by atoms with Crippen LogP contribution in [-0.2, 0) is 9.63 Å². The molecule has 3 nitrogen and oxygen atoms in total. The minimum absolute atomic E-state index is 0.292. The van der Waals surface area contributed by atoms with Crippen LogP contribution in [-0.4, -0.2) is 11.7 Å². The van der Waals surface area contributed by atoms with E-state index in [0.29, 0.717) is 16.8 Å². The number of nitrogens with zero attached hydrogens (tertiary/aromatic N) is 1. The van der Waals surface area contributed by atoms with Crippen LogP contribution in [0.5, 0.6) is 0 Å². The monoisotopic (exact) mass is 205 g/mol. The fraction of sp³-hybridized carbons (Fsp3) is 0.0909. The Morgan fingerprint density at radius 3 is 2.73 bits per heavy atom. The van der Waals surface area contributed by atoms with Gasteiger partial charge in [-0.15, -0.1) is 0 Å². The van der Waals surface area contributed by atoms with Gasteiger partial charge in [0, 0.05) is 5.56 Å². The molecule has 4 heteroatoms. The molecule has 0 spiro atoms. The van der Waals surface area contributed by atoms with E-state index >= 15 is 0 Å². The van der Waals surface area contributed by atoms with Crippen LogP contribution in [0.15, 0.2) is 35.0 Å². The molecule has 1 aromatic carbocycles. The molecule has 0 amide bonds. The molecule has 0 N–H and O–H groups in total. The van der Waals surface area contributed by atoms with Crippen molar-refractivity contribution in [2.75, 3.05) is 0 Å². The highest BCUT2D eigenvalue weighted by Gasteiger charge is 2.21.